The van der Waals surface area contributed by atoms with E-state index in [9.17, 15) is 13.2 Å². The standard InChI is InChI=1S/C20H26N2O6S/c1-13-7-10-28-19(13)20(23)21-15-5-8-22(9-6-15)29(24,25)18-12-17(27-4)16(26-3)11-14(18)2/h7,10-12,15H,5-6,8-9H2,1-4H3,(H,21,23). The van der Waals surface area contributed by atoms with E-state index in [1.165, 1.54) is 30.9 Å². The summed E-state index contributed by atoms with van der Waals surface area (Å²) in [5.74, 6) is 0.872. The molecule has 1 fully saturated rings. The maximum Gasteiger partial charge on any atom is 0.287 e. The van der Waals surface area contributed by atoms with Gasteiger partial charge in [0.1, 0.15) is 0 Å². The number of nitrogens with one attached hydrogen (secondary N) is 1. The summed E-state index contributed by atoms with van der Waals surface area (Å²) in [6.45, 7) is 4.17. The molecule has 29 heavy (non-hydrogen) atoms. The smallest absolute Gasteiger partial charge is 0.287 e. The van der Waals surface area contributed by atoms with E-state index in [-0.39, 0.29) is 16.8 Å². The Kier molecular flexibility index (Phi) is 6.18. The molecular weight excluding hydrogens is 396 g/mol. The number of hydrogen-bond acceptors (Lipinski definition) is 6. The fraction of sp³-hybridized carbons (Fsp3) is 0.450. The molecule has 1 N–H and O–H groups in total. The Balaban J connectivity index is 1.70. The van der Waals surface area contributed by atoms with Gasteiger partial charge < -0.3 is 19.2 Å². The lowest BCUT2D eigenvalue weighted by atomic mass is 10.1. The van der Waals surface area contributed by atoms with Gasteiger partial charge in [0.05, 0.1) is 25.4 Å². The van der Waals surface area contributed by atoms with Crippen LogP contribution in [0.15, 0.2) is 33.8 Å². The molecule has 8 nitrogen and oxygen atoms in total. The number of carbonyl (C=O) groups excluding carboxylic acids is 1. The maximum absolute atomic E-state index is 13.2. The summed E-state index contributed by atoms with van der Waals surface area (Å²) in [5, 5.41) is 2.93. The molecule has 1 aromatic carbocycles. The van der Waals surface area contributed by atoms with Crippen molar-refractivity contribution >= 4 is 15.9 Å². The van der Waals surface area contributed by atoms with Gasteiger partial charge in [0.25, 0.3) is 5.91 Å². The second-order valence-electron chi connectivity index (χ2n) is 7.06. The SMILES string of the molecule is COc1cc(C)c(S(=O)(=O)N2CCC(NC(=O)c3occc3C)CC2)cc1OC. The molecular formula is C20H26N2O6S. The lowest BCUT2D eigenvalue weighted by molar-refractivity contribution is 0.0895. The van der Waals surface area contributed by atoms with Gasteiger partial charge in [-0.25, -0.2) is 8.42 Å². The molecule has 9 heteroatoms. The maximum atomic E-state index is 13.2. The second kappa shape index (κ2) is 8.46. The summed E-state index contributed by atoms with van der Waals surface area (Å²) in [6, 6.07) is 4.78. The lowest BCUT2D eigenvalue weighted by Gasteiger charge is -2.32. The average molecular weight is 423 g/mol. The zero-order valence-electron chi connectivity index (χ0n) is 17.0. The number of sulfonamides is 1. The molecule has 0 aliphatic carbocycles. The fourth-order valence-electron chi connectivity index (χ4n) is 3.48. The van der Waals surface area contributed by atoms with Crippen LogP contribution in [0.1, 0.15) is 34.5 Å². The monoisotopic (exact) mass is 422 g/mol. The van der Waals surface area contributed by atoms with Crippen molar-refractivity contribution in [1.82, 2.24) is 9.62 Å². The van der Waals surface area contributed by atoms with Gasteiger partial charge in [0, 0.05) is 30.8 Å². The number of furan rings is 1. The van der Waals surface area contributed by atoms with Crippen LogP contribution in [0.4, 0.5) is 0 Å². The molecule has 0 spiro atoms. The van der Waals surface area contributed by atoms with Gasteiger partial charge in [-0.1, -0.05) is 0 Å². The van der Waals surface area contributed by atoms with Crippen molar-refractivity contribution in [3.05, 3.63) is 41.3 Å². The minimum Gasteiger partial charge on any atom is -0.493 e. The quantitative estimate of drug-likeness (QED) is 0.768. The van der Waals surface area contributed by atoms with Gasteiger partial charge in [-0.15, -0.1) is 0 Å². The van der Waals surface area contributed by atoms with Crippen LogP contribution in [0.3, 0.4) is 0 Å². The Labute approximate surface area is 170 Å². The molecule has 0 radical (unpaired) electrons. The van der Waals surface area contributed by atoms with Crippen LogP contribution in [0, 0.1) is 13.8 Å². The highest BCUT2D eigenvalue weighted by atomic mass is 32.2. The Morgan fingerprint density at radius 2 is 1.72 bits per heavy atom. The second-order valence-corrected chi connectivity index (χ2v) is 8.96. The van der Waals surface area contributed by atoms with Crippen LogP contribution >= 0.6 is 0 Å². The minimum absolute atomic E-state index is 0.107. The third-order valence-corrected chi connectivity index (χ3v) is 7.20. The number of hydrogen-bond donors (Lipinski definition) is 1. The first-order chi connectivity index (χ1) is 13.8. The molecule has 0 unspecified atom stereocenters. The molecule has 0 saturated carbocycles. The number of amides is 1. The first-order valence-corrected chi connectivity index (χ1v) is 10.8. The molecule has 1 aliphatic heterocycles. The number of ether oxygens (including phenoxy) is 2. The van der Waals surface area contributed by atoms with Crippen molar-refractivity contribution in [1.29, 1.82) is 0 Å². The number of nitrogens with zero attached hydrogens (tertiary/aromatic N) is 1. The Hall–Kier alpha value is -2.52. The molecule has 2 heterocycles. The molecule has 3 rings (SSSR count). The van der Waals surface area contributed by atoms with Gasteiger partial charge in [-0.05, 0) is 44.4 Å². The van der Waals surface area contributed by atoms with Gasteiger partial charge in [0.2, 0.25) is 10.0 Å². The van der Waals surface area contributed by atoms with Crippen LogP contribution < -0.4 is 14.8 Å². The van der Waals surface area contributed by atoms with E-state index in [1.807, 2.05) is 0 Å². The predicted molar refractivity (Wildman–Crippen MR) is 107 cm³/mol. The van der Waals surface area contributed by atoms with Crippen molar-refractivity contribution in [2.24, 2.45) is 0 Å². The van der Waals surface area contributed by atoms with E-state index in [0.717, 1.165) is 5.56 Å². The van der Waals surface area contributed by atoms with Crippen LogP contribution in [0.2, 0.25) is 0 Å². The first-order valence-electron chi connectivity index (χ1n) is 9.35. The van der Waals surface area contributed by atoms with Crippen molar-refractivity contribution in [3.63, 3.8) is 0 Å². The molecule has 0 atom stereocenters. The summed E-state index contributed by atoms with van der Waals surface area (Å²) in [6.07, 6.45) is 2.53. The summed E-state index contributed by atoms with van der Waals surface area (Å²) in [7, 11) is -0.706. The zero-order chi connectivity index (χ0) is 21.2. The summed E-state index contributed by atoms with van der Waals surface area (Å²) >= 11 is 0. The highest BCUT2D eigenvalue weighted by molar-refractivity contribution is 7.89. The van der Waals surface area contributed by atoms with Gasteiger partial charge in [0.15, 0.2) is 17.3 Å². The van der Waals surface area contributed by atoms with E-state index < -0.39 is 10.0 Å². The largest absolute Gasteiger partial charge is 0.493 e. The van der Waals surface area contributed by atoms with E-state index in [2.05, 4.69) is 5.32 Å². The van der Waals surface area contributed by atoms with Crippen LogP contribution in [0.5, 0.6) is 11.5 Å². The Bertz CT molecular complexity index is 990. The van der Waals surface area contributed by atoms with Crippen molar-refractivity contribution in [2.45, 2.75) is 37.6 Å². The van der Waals surface area contributed by atoms with E-state index in [4.69, 9.17) is 13.9 Å². The van der Waals surface area contributed by atoms with Gasteiger partial charge >= 0.3 is 0 Å². The Morgan fingerprint density at radius 1 is 1.10 bits per heavy atom. The van der Waals surface area contributed by atoms with Crippen LogP contribution in [-0.4, -0.2) is 52.0 Å². The number of rotatable bonds is 6. The van der Waals surface area contributed by atoms with Crippen molar-refractivity contribution in [2.75, 3.05) is 27.3 Å². The third kappa shape index (κ3) is 4.25. The van der Waals surface area contributed by atoms with E-state index in [1.54, 1.807) is 26.0 Å². The van der Waals surface area contributed by atoms with Crippen molar-refractivity contribution < 1.29 is 27.1 Å². The normalized spacial score (nSPS) is 15.9. The Morgan fingerprint density at radius 3 is 2.28 bits per heavy atom. The van der Waals surface area contributed by atoms with E-state index in [0.29, 0.717) is 48.8 Å². The predicted octanol–water partition coefficient (Wildman–Crippen LogP) is 2.50. The molecule has 1 aromatic heterocycles. The van der Waals surface area contributed by atoms with Gasteiger partial charge in [-0.2, -0.15) is 4.31 Å². The topological polar surface area (TPSA) is 98.1 Å². The highest BCUT2D eigenvalue weighted by Gasteiger charge is 2.32. The van der Waals surface area contributed by atoms with E-state index >= 15 is 0 Å². The highest BCUT2D eigenvalue weighted by Crippen LogP contribution is 2.34. The summed E-state index contributed by atoms with van der Waals surface area (Å²) in [5.41, 5.74) is 1.36. The molecule has 2 aromatic rings. The average Bonchev–Trinajstić information content (AvgIpc) is 3.14. The number of carbonyl (C=O) groups is 1. The zero-order valence-corrected chi connectivity index (χ0v) is 17.8. The lowest BCUT2D eigenvalue weighted by Crippen LogP contribution is -2.46. The van der Waals surface area contributed by atoms with Gasteiger partial charge in [-0.3, -0.25) is 4.79 Å². The molecule has 158 valence electrons. The molecule has 1 amide bonds. The molecule has 1 saturated heterocycles. The minimum atomic E-state index is -3.69. The number of benzene rings is 1. The number of methoxy groups -OCH3 is 2. The first kappa shape index (κ1) is 21.2. The van der Waals surface area contributed by atoms with Crippen molar-refractivity contribution in [3.8, 4) is 11.5 Å². The van der Waals surface area contributed by atoms with Crippen LogP contribution in [-0.2, 0) is 10.0 Å². The summed E-state index contributed by atoms with van der Waals surface area (Å²) in [4.78, 5) is 12.5. The third-order valence-electron chi connectivity index (χ3n) is 5.16. The number of piperidine rings is 1. The number of aryl methyl sites for hydroxylation is 2. The molecule has 1 aliphatic rings. The molecule has 0 bridgehead atoms. The fourth-order valence-corrected chi connectivity index (χ4v) is 5.17. The summed E-state index contributed by atoms with van der Waals surface area (Å²) < 4.78 is 43.5. The van der Waals surface area contributed by atoms with Crippen LogP contribution in [0.25, 0.3) is 0 Å².